The van der Waals surface area contributed by atoms with Crippen LogP contribution in [0.25, 0.3) is 0 Å². The van der Waals surface area contributed by atoms with Crippen molar-refractivity contribution >= 4 is 21.7 Å². The van der Waals surface area contributed by atoms with Crippen LogP contribution in [-0.4, -0.2) is 56.3 Å². The highest BCUT2D eigenvalue weighted by atomic mass is 32.2. The molecule has 1 atom stereocenters. The molecule has 2 aliphatic rings. The maximum atomic E-state index is 12.3. The highest BCUT2D eigenvalue weighted by Gasteiger charge is 2.44. The van der Waals surface area contributed by atoms with Gasteiger partial charge in [0.25, 0.3) is 5.91 Å². The Morgan fingerprint density at radius 3 is 2.59 bits per heavy atom. The second-order valence-electron chi connectivity index (χ2n) is 6.23. The van der Waals surface area contributed by atoms with Crippen LogP contribution in [0.3, 0.4) is 0 Å². The Kier molecular flexibility index (Phi) is 4.21. The van der Waals surface area contributed by atoms with Crippen LogP contribution in [0, 0.1) is 0 Å². The zero-order chi connectivity index (χ0) is 16.7. The summed E-state index contributed by atoms with van der Waals surface area (Å²) in [6.45, 7) is 4.14. The molecule has 2 rings (SSSR count). The van der Waals surface area contributed by atoms with Gasteiger partial charge in [-0.2, -0.15) is 0 Å². The molecule has 0 saturated carbocycles. The van der Waals surface area contributed by atoms with Crippen molar-refractivity contribution in [1.82, 2.24) is 10.2 Å². The summed E-state index contributed by atoms with van der Waals surface area (Å²) in [6, 6.07) is 0. The van der Waals surface area contributed by atoms with Crippen molar-refractivity contribution in [2.24, 2.45) is 0 Å². The number of allylic oxidation sites excluding steroid dienone is 1. The number of carbonyl (C=O) groups excluding carboxylic acids is 2. The van der Waals surface area contributed by atoms with Crippen LogP contribution >= 0.6 is 0 Å². The van der Waals surface area contributed by atoms with E-state index in [-0.39, 0.29) is 18.9 Å². The van der Waals surface area contributed by atoms with E-state index in [0.717, 1.165) is 17.4 Å². The quantitative estimate of drug-likeness (QED) is 0.793. The van der Waals surface area contributed by atoms with Gasteiger partial charge < -0.3 is 10.2 Å². The first-order chi connectivity index (χ1) is 10.1. The Bertz CT molecular complexity index is 690. The molecule has 122 valence electrons. The molecule has 6 nitrogen and oxygen atoms in total. The van der Waals surface area contributed by atoms with Crippen molar-refractivity contribution in [3.63, 3.8) is 0 Å². The minimum Gasteiger partial charge on any atom is -0.358 e. The van der Waals surface area contributed by atoms with E-state index in [2.05, 4.69) is 5.32 Å². The molecule has 0 aromatic heterocycles. The summed E-state index contributed by atoms with van der Waals surface area (Å²) < 4.78 is 22.5. The first-order valence-corrected chi connectivity index (χ1v) is 9.09. The van der Waals surface area contributed by atoms with Crippen LogP contribution in [0.2, 0.25) is 0 Å². The lowest BCUT2D eigenvalue weighted by atomic mass is 10.1. The molecule has 0 bridgehead atoms. The third-order valence-corrected chi connectivity index (χ3v) is 6.58. The van der Waals surface area contributed by atoms with E-state index in [1.165, 1.54) is 19.5 Å². The fraction of sp³-hybridized carbons (Fsp3) is 0.600. The van der Waals surface area contributed by atoms with Crippen molar-refractivity contribution in [3.05, 3.63) is 22.8 Å². The highest BCUT2D eigenvalue weighted by molar-refractivity contribution is 7.92. The van der Waals surface area contributed by atoms with E-state index in [1.54, 1.807) is 4.90 Å². The topological polar surface area (TPSA) is 83.6 Å². The first-order valence-electron chi connectivity index (χ1n) is 7.20. The van der Waals surface area contributed by atoms with Crippen LogP contribution in [0.4, 0.5) is 0 Å². The molecule has 0 spiro atoms. The van der Waals surface area contributed by atoms with Gasteiger partial charge in [0.2, 0.25) is 5.91 Å². The van der Waals surface area contributed by atoms with Crippen molar-refractivity contribution in [2.75, 3.05) is 26.4 Å². The molecule has 0 aromatic rings. The third kappa shape index (κ3) is 2.69. The van der Waals surface area contributed by atoms with Gasteiger partial charge in [-0.1, -0.05) is 11.6 Å². The lowest BCUT2D eigenvalue weighted by Crippen LogP contribution is -2.50. The van der Waals surface area contributed by atoms with Gasteiger partial charge in [0, 0.05) is 32.0 Å². The molecule has 1 N–H and O–H groups in total. The summed E-state index contributed by atoms with van der Waals surface area (Å²) in [4.78, 5) is 25.9. The molecule has 2 amide bonds. The maximum absolute atomic E-state index is 12.3. The van der Waals surface area contributed by atoms with Crippen LogP contribution in [0.1, 0.15) is 26.7 Å². The Morgan fingerprint density at radius 2 is 2.09 bits per heavy atom. The molecular weight excluding hydrogens is 304 g/mol. The van der Waals surface area contributed by atoms with Crippen LogP contribution < -0.4 is 5.32 Å². The summed E-state index contributed by atoms with van der Waals surface area (Å²) in [6.07, 6.45) is 3.82. The highest BCUT2D eigenvalue weighted by Crippen LogP contribution is 2.33. The van der Waals surface area contributed by atoms with E-state index in [1.807, 2.05) is 13.0 Å². The fourth-order valence-electron chi connectivity index (χ4n) is 2.91. The molecular formula is C15H22N2O4S. The number of amides is 2. The number of rotatable bonds is 5. The monoisotopic (exact) mass is 326 g/mol. The van der Waals surface area contributed by atoms with Crippen molar-refractivity contribution in [1.29, 1.82) is 0 Å². The molecule has 1 aliphatic heterocycles. The van der Waals surface area contributed by atoms with Gasteiger partial charge in [0.1, 0.15) is 4.75 Å². The van der Waals surface area contributed by atoms with Gasteiger partial charge in [0.05, 0.1) is 0 Å². The largest absolute Gasteiger partial charge is 0.358 e. The second-order valence-corrected chi connectivity index (χ2v) is 8.68. The molecule has 0 radical (unpaired) electrons. The Labute approximate surface area is 131 Å². The van der Waals surface area contributed by atoms with Gasteiger partial charge in [-0.25, -0.2) is 8.42 Å². The van der Waals surface area contributed by atoms with Gasteiger partial charge in [-0.15, -0.1) is 0 Å². The number of nitrogens with zero attached hydrogens (tertiary/aromatic N) is 1. The Hall–Kier alpha value is -1.63. The van der Waals surface area contributed by atoms with Crippen LogP contribution in [0.15, 0.2) is 22.8 Å². The van der Waals surface area contributed by atoms with E-state index in [9.17, 15) is 18.0 Å². The van der Waals surface area contributed by atoms with E-state index >= 15 is 0 Å². The minimum absolute atomic E-state index is 0.0455. The molecule has 22 heavy (non-hydrogen) atoms. The smallest absolute Gasteiger partial charge is 0.250 e. The van der Waals surface area contributed by atoms with Gasteiger partial charge in [-0.3, -0.25) is 9.59 Å². The second kappa shape index (κ2) is 5.53. The number of sulfone groups is 1. The van der Waals surface area contributed by atoms with Gasteiger partial charge in [0.15, 0.2) is 9.84 Å². The average Bonchev–Trinajstić information content (AvgIpc) is 2.92. The summed E-state index contributed by atoms with van der Waals surface area (Å²) >= 11 is 0. The average molecular weight is 326 g/mol. The van der Waals surface area contributed by atoms with Crippen LogP contribution in [-0.2, 0) is 19.4 Å². The summed E-state index contributed by atoms with van der Waals surface area (Å²) in [7, 11) is -2.17. The molecule has 0 unspecified atom stereocenters. The normalized spacial score (nSPS) is 20.8. The Balaban J connectivity index is 2.10. The molecule has 7 heteroatoms. The lowest BCUT2D eigenvalue weighted by Gasteiger charge is -2.28. The zero-order valence-electron chi connectivity index (χ0n) is 13.4. The third-order valence-electron chi connectivity index (χ3n) is 4.55. The van der Waals surface area contributed by atoms with Crippen molar-refractivity contribution < 1.29 is 18.0 Å². The molecule has 0 fully saturated rings. The standard InChI is InChI=1S/C15H22N2O4S/c1-10-7-11-9-17(13(18)12(11)8-10)6-5-15(2,14(19)16-3)22(4,20)21/h7H,5-6,8-9H2,1-4H3,(H,16,19)/t15-/m1/s1. The lowest BCUT2D eigenvalue weighted by molar-refractivity contribution is -0.127. The van der Waals surface area contributed by atoms with E-state index in [4.69, 9.17) is 0 Å². The van der Waals surface area contributed by atoms with Crippen molar-refractivity contribution in [3.8, 4) is 0 Å². The predicted octanol–water partition coefficient (Wildman–Crippen LogP) is 0.415. The van der Waals surface area contributed by atoms with E-state index < -0.39 is 20.5 Å². The number of hydrogen-bond acceptors (Lipinski definition) is 4. The summed E-state index contributed by atoms with van der Waals surface area (Å²) in [5, 5.41) is 2.40. The van der Waals surface area contributed by atoms with E-state index in [0.29, 0.717) is 13.0 Å². The fourth-order valence-corrected chi connectivity index (χ4v) is 3.81. The van der Waals surface area contributed by atoms with Crippen molar-refractivity contribution in [2.45, 2.75) is 31.4 Å². The number of nitrogens with one attached hydrogen (secondary N) is 1. The number of hydrogen-bond donors (Lipinski definition) is 1. The molecule has 1 heterocycles. The van der Waals surface area contributed by atoms with Gasteiger partial charge in [-0.05, 0) is 32.3 Å². The SMILES string of the molecule is CNC(=O)[C@@](C)(CCN1CC2=C(CC(C)=C2)C1=O)S(C)(=O)=O. The summed E-state index contributed by atoms with van der Waals surface area (Å²) in [5.74, 6) is -0.589. The van der Waals surface area contributed by atoms with Gasteiger partial charge >= 0.3 is 0 Å². The molecule has 0 saturated heterocycles. The zero-order valence-corrected chi connectivity index (χ0v) is 14.2. The first kappa shape index (κ1) is 16.7. The molecule has 0 aromatic carbocycles. The number of carbonyl (C=O) groups is 2. The minimum atomic E-state index is -3.59. The van der Waals surface area contributed by atoms with Crippen LogP contribution in [0.5, 0.6) is 0 Å². The Morgan fingerprint density at radius 1 is 1.45 bits per heavy atom. The predicted molar refractivity (Wildman–Crippen MR) is 83.9 cm³/mol. The maximum Gasteiger partial charge on any atom is 0.250 e. The summed E-state index contributed by atoms with van der Waals surface area (Å²) in [5.41, 5.74) is 2.99. The molecule has 1 aliphatic carbocycles.